The van der Waals surface area contributed by atoms with Gasteiger partial charge in [-0.2, -0.15) is 9.78 Å². The van der Waals surface area contributed by atoms with E-state index in [1.165, 1.54) is 11.0 Å². The van der Waals surface area contributed by atoms with Crippen LogP contribution in [-0.4, -0.2) is 33.0 Å². The minimum absolute atomic E-state index is 0.268. The van der Waals surface area contributed by atoms with Crippen LogP contribution in [0.2, 0.25) is 0 Å². The Balaban J connectivity index is 1.84. The lowest BCUT2D eigenvalue weighted by Crippen LogP contribution is -2.17. The molecule has 1 N–H and O–H groups in total. The first-order valence-electron chi connectivity index (χ1n) is 7.28. The molecular weight excluding hydrogens is 306 g/mol. The van der Waals surface area contributed by atoms with Crippen LogP contribution in [0.15, 0.2) is 58.9 Å². The fraction of sp³-hybridized carbons (Fsp3) is 0.0588. The van der Waals surface area contributed by atoms with Crippen molar-refractivity contribution < 1.29 is 4.74 Å². The molecule has 1 aromatic carbocycles. The van der Waals surface area contributed by atoms with Gasteiger partial charge in [-0.3, -0.25) is 9.78 Å². The Morgan fingerprint density at radius 2 is 2.25 bits per heavy atom. The zero-order chi connectivity index (χ0) is 16.5. The average Bonchev–Trinajstić information content (AvgIpc) is 3.00. The molecule has 4 rings (SSSR count). The van der Waals surface area contributed by atoms with E-state index in [0.717, 1.165) is 16.5 Å². The Morgan fingerprint density at radius 1 is 1.33 bits per heavy atom. The standard InChI is InChI=1S/C17H13N5O2/c1-24-12-4-5-13-14(7-12)21-16-15(13)19-10-22(17(16)23)20-9-11-3-2-6-18-8-11/h2-10,21H,1H3. The highest BCUT2D eigenvalue weighted by Gasteiger charge is 2.11. The third-order valence-corrected chi connectivity index (χ3v) is 3.71. The van der Waals surface area contributed by atoms with Crippen LogP contribution in [0.4, 0.5) is 0 Å². The smallest absolute Gasteiger partial charge is 0.298 e. The van der Waals surface area contributed by atoms with E-state index in [0.29, 0.717) is 16.8 Å². The molecule has 0 fully saturated rings. The van der Waals surface area contributed by atoms with Gasteiger partial charge in [0.2, 0.25) is 0 Å². The van der Waals surface area contributed by atoms with Crippen molar-refractivity contribution in [3.8, 4) is 5.75 Å². The quantitative estimate of drug-likeness (QED) is 0.586. The first-order chi connectivity index (χ1) is 11.8. The molecule has 0 amide bonds. The van der Waals surface area contributed by atoms with Crippen molar-refractivity contribution in [3.63, 3.8) is 0 Å². The number of aromatic nitrogens is 4. The molecule has 0 atom stereocenters. The third kappa shape index (κ3) is 2.32. The van der Waals surface area contributed by atoms with Gasteiger partial charge in [0.25, 0.3) is 5.56 Å². The van der Waals surface area contributed by atoms with Crippen LogP contribution < -0.4 is 10.3 Å². The molecule has 7 nitrogen and oxygen atoms in total. The van der Waals surface area contributed by atoms with Crippen LogP contribution in [0.25, 0.3) is 21.9 Å². The van der Waals surface area contributed by atoms with Crippen LogP contribution in [0, 0.1) is 0 Å². The number of hydrogen-bond donors (Lipinski definition) is 1. The van der Waals surface area contributed by atoms with E-state index < -0.39 is 0 Å². The summed E-state index contributed by atoms with van der Waals surface area (Å²) in [5.41, 5.74) is 2.35. The molecule has 118 valence electrons. The van der Waals surface area contributed by atoms with Gasteiger partial charge in [-0.05, 0) is 18.2 Å². The number of H-pyrrole nitrogens is 1. The SMILES string of the molecule is COc1ccc2c(c1)[nH]c1c(=O)n(N=Cc3cccnc3)cnc12. The van der Waals surface area contributed by atoms with Crippen molar-refractivity contribution in [2.24, 2.45) is 5.10 Å². The molecule has 0 bridgehead atoms. The summed E-state index contributed by atoms with van der Waals surface area (Å²) in [5, 5.41) is 5.03. The highest BCUT2D eigenvalue weighted by atomic mass is 16.5. The van der Waals surface area contributed by atoms with Crippen molar-refractivity contribution >= 4 is 28.2 Å². The van der Waals surface area contributed by atoms with Crippen LogP contribution >= 0.6 is 0 Å². The fourth-order valence-electron chi connectivity index (χ4n) is 2.52. The summed E-state index contributed by atoms with van der Waals surface area (Å²) in [4.78, 5) is 24.1. The van der Waals surface area contributed by atoms with E-state index in [2.05, 4.69) is 20.1 Å². The summed E-state index contributed by atoms with van der Waals surface area (Å²) in [7, 11) is 1.60. The van der Waals surface area contributed by atoms with Gasteiger partial charge in [-0.15, -0.1) is 0 Å². The number of nitrogens with zero attached hydrogens (tertiary/aromatic N) is 4. The third-order valence-electron chi connectivity index (χ3n) is 3.71. The zero-order valence-electron chi connectivity index (χ0n) is 12.8. The van der Waals surface area contributed by atoms with Crippen LogP contribution in [0.3, 0.4) is 0 Å². The Morgan fingerprint density at radius 3 is 3.04 bits per heavy atom. The van der Waals surface area contributed by atoms with Crippen molar-refractivity contribution in [1.29, 1.82) is 0 Å². The Hall–Kier alpha value is -3.48. The average molecular weight is 319 g/mol. The number of nitrogens with one attached hydrogen (secondary N) is 1. The second-order valence-corrected chi connectivity index (χ2v) is 5.19. The predicted octanol–water partition coefficient (Wildman–Crippen LogP) is 2.16. The largest absolute Gasteiger partial charge is 0.497 e. The lowest BCUT2D eigenvalue weighted by Gasteiger charge is -1.98. The molecule has 0 aliphatic carbocycles. The van der Waals surface area contributed by atoms with Crippen LogP contribution in [0.5, 0.6) is 5.75 Å². The Labute approximate surface area is 136 Å². The highest BCUT2D eigenvalue weighted by molar-refractivity contribution is 6.04. The van der Waals surface area contributed by atoms with Crippen molar-refractivity contribution in [1.82, 2.24) is 19.6 Å². The summed E-state index contributed by atoms with van der Waals surface area (Å²) < 4.78 is 6.40. The van der Waals surface area contributed by atoms with E-state index in [-0.39, 0.29) is 5.56 Å². The topological polar surface area (TPSA) is 85.2 Å². The highest BCUT2D eigenvalue weighted by Crippen LogP contribution is 2.25. The summed E-state index contributed by atoms with van der Waals surface area (Å²) in [6.45, 7) is 0. The second kappa shape index (κ2) is 5.62. The number of ether oxygens (including phenoxy) is 1. The van der Waals surface area contributed by atoms with E-state index in [9.17, 15) is 4.79 Å². The molecule has 0 radical (unpaired) electrons. The van der Waals surface area contributed by atoms with E-state index in [1.54, 1.807) is 31.8 Å². The van der Waals surface area contributed by atoms with Crippen molar-refractivity contribution in [2.75, 3.05) is 7.11 Å². The first kappa shape index (κ1) is 14.1. The lowest BCUT2D eigenvalue weighted by molar-refractivity contribution is 0.415. The summed E-state index contributed by atoms with van der Waals surface area (Å²) in [5.74, 6) is 0.712. The molecule has 0 spiro atoms. The van der Waals surface area contributed by atoms with Crippen molar-refractivity contribution in [2.45, 2.75) is 0 Å². The van der Waals surface area contributed by atoms with Gasteiger partial charge in [0.1, 0.15) is 23.1 Å². The fourth-order valence-corrected chi connectivity index (χ4v) is 2.52. The molecule has 24 heavy (non-hydrogen) atoms. The van der Waals surface area contributed by atoms with Crippen LogP contribution in [0.1, 0.15) is 5.56 Å². The predicted molar refractivity (Wildman–Crippen MR) is 91.6 cm³/mol. The monoisotopic (exact) mass is 319 g/mol. The number of aromatic amines is 1. The minimum Gasteiger partial charge on any atom is -0.497 e. The molecule has 0 aliphatic heterocycles. The minimum atomic E-state index is -0.268. The molecule has 3 aromatic heterocycles. The van der Waals surface area contributed by atoms with Crippen molar-refractivity contribution in [3.05, 3.63) is 65.0 Å². The summed E-state index contributed by atoms with van der Waals surface area (Å²) in [6.07, 6.45) is 6.31. The molecule has 7 heteroatoms. The summed E-state index contributed by atoms with van der Waals surface area (Å²) in [6, 6.07) is 9.20. The molecule has 0 unspecified atom stereocenters. The molecule has 0 saturated carbocycles. The number of benzene rings is 1. The maximum atomic E-state index is 12.6. The van der Waals surface area contributed by atoms with Gasteiger partial charge in [-0.1, -0.05) is 6.07 Å². The summed E-state index contributed by atoms with van der Waals surface area (Å²) >= 11 is 0. The first-order valence-corrected chi connectivity index (χ1v) is 7.28. The van der Waals surface area contributed by atoms with Gasteiger partial charge in [-0.25, -0.2) is 4.98 Å². The molecular formula is C17H13N5O2. The zero-order valence-corrected chi connectivity index (χ0v) is 12.8. The number of rotatable bonds is 3. The molecule has 0 aliphatic rings. The maximum absolute atomic E-state index is 12.6. The normalized spacial score (nSPS) is 11.5. The number of fused-ring (bicyclic) bond motifs is 3. The van der Waals surface area contributed by atoms with Gasteiger partial charge in [0.15, 0.2) is 0 Å². The van der Waals surface area contributed by atoms with E-state index in [1.807, 2.05) is 24.3 Å². The second-order valence-electron chi connectivity index (χ2n) is 5.19. The van der Waals surface area contributed by atoms with Gasteiger partial charge in [0, 0.05) is 29.4 Å². The van der Waals surface area contributed by atoms with Gasteiger partial charge < -0.3 is 9.72 Å². The van der Waals surface area contributed by atoms with Crippen LogP contribution in [-0.2, 0) is 0 Å². The van der Waals surface area contributed by atoms with Gasteiger partial charge >= 0.3 is 0 Å². The van der Waals surface area contributed by atoms with Gasteiger partial charge in [0.05, 0.1) is 18.8 Å². The maximum Gasteiger partial charge on any atom is 0.298 e. The number of methoxy groups -OCH3 is 1. The van der Waals surface area contributed by atoms with E-state index >= 15 is 0 Å². The lowest BCUT2D eigenvalue weighted by atomic mass is 10.2. The number of hydrogen-bond acceptors (Lipinski definition) is 5. The molecule has 3 heterocycles. The Bertz CT molecular complexity index is 1110. The molecule has 0 saturated heterocycles. The van der Waals surface area contributed by atoms with E-state index in [4.69, 9.17) is 4.74 Å². The Kier molecular flexibility index (Phi) is 3.31. The molecule has 4 aromatic rings. The number of pyridine rings is 1.